The van der Waals surface area contributed by atoms with Crippen molar-refractivity contribution in [3.63, 3.8) is 0 Å². The van der Waals surface area contributed by atoms with E-state index in [0.29, 0.717) is 25.6 Å². The minimum atomic E-state index is -0.385. The number of ether oxygens (including phenoxy) is 1. The van der Waals surface area contributed by atoms with Gasteiger partial charge in [-0.25, -0.2) is 0 Å². The van der Waals surface area contributed by atoms with E-state index in [2.05, 4.69) is 4.90 Å². The third-order valence-corrected chi connectivity index (χ3v) is 5.71. The average Bonchev–Trinajstić information content (AvgIpc) is 3.02. The number of hydrogen-bond acceptors (Lipinski definition) is 4. The summed E-state index contributed by atoms with van der Waals surface area (Å²) in [5.74, 6) is 0.971. The highest BCUT2D eigenvalue weighted by Crippen LogP contribution is 2.33. The molecule has 0 unspecified atom stereocenters. The van der Waals surface area contributed by atoms with E-state index in [1.807, 2.05) is 36.2 Å². The molecule has 0 bridgehead atoms. The zero-order valence-electron chi connectivity index (χ0n) is 15.4. The number of amides is 1. The molecule has 3 rings (SSSR count). The van der Waals surface area contributed by atoms with Gasteiger partial charge in [-0.2, -0.15) is 0 Å². The van der Waals surface area contributed by atoms with Gasteiger partial charge >= 0.3 is 0 Å². The van der Waals surface area contributed by atoms with E-state index in [1.54, 1.807) is 7.11 Å². The van der Waals surface area contributed by atoms with Crippen molar-refractivity contribution < 1.29 is 14.6 Å². The molecule has 1 aliphatic carbocycles. The number of carbonyl (C=O) groups is 1. The molecule has 2 fully saturated rings. The minimum Gasteiger partial charge on any atom is -0.497 e. The van der Waals surface area contributed by atoms with Gasteiger partial charge < -0.3 is 14.7 Å². The molecule has 1 aromatic rings. The molecular weight excluding hydrogens is 316 g/mol. The van der Waals surface area contributed by atoms with E-state index in [-0.39, 0.29) is 18.1 Å². The van der Waals surface area contributed by atoms with Crippen LogP contribution in [0.4, 0.5) is 0 Å². The summed E-state index contributed by atoms with van der Waals surface area (Å²) in [6.45, 7) is 0.915. The fourth-order valence-corrected chi connectivity index (χ4v) is 4.21. The molecule has 25 heavy (non-hydrogen) atoms. The second-order valence-corrected chi connectivity index (χ2v) is 7.41. The molecule has 2 atom stereocenters. The Kier molecular flexibility index (Phi) is 5.97. The Balaban J connectivity index is 1.67. The van der Waals surface area contributed by atoms with E-state index in [1.165, 1.54) is 19.3 Å². The largest absolute Gasteiger partial charge is 0.497 e. The van der Waals surface area contributed by atoms with Crippen LogP contribution in [-0.4, -0.2) is 60.2 Å². The molecule has 0 aromatic heterocycles. The van der Waals surface area contributed by atoms with E-state index in [0.717, 1.165) is 24.2 Å². The summed E-state index contributed by atoms with van der Waals surface area (Å²) in [4.78, 5) is 16.8. The zero-order chi connectivity index (χ0) is 17.8. The van der Waals surface area contributed by atoms with E-state index < -0.39 is 0 Å². The lowest BCUT2D eigenvalue weighted by molar-refractivity contribution is -0.134. The SMILES string of the molecule is COc1cccc([C@H]2C[C@H](O)CN2CC(=O)N(C)C2CCCCC2)c1. The van der Waals surface area contributed by atoms with Gasteiger partial charge in [0, 0.05) is 25.7 Å². The fourth-order valence-electron chi connectivity index (χ4n) is 4.21. The number of likely N-dealkylation sites (tertiary alicyclic amines) is 1. The van der Waals surface area contributed by atoms with Crippen LogP contribution in [0.15, 0.2) is 24.3 Å². The van der Waals surface area contributed by atoms with Crippen LogP contribution in [0, 0.1) is 0 Å². The molecule has 2 aliphatic rings. The van der Waals surface area contributed by atoms with Crippen molar-refractivity contribution in [1.82, 2.24) is 9.80 Å². The van der Waals surface area contributed by atoms with Gasteiger partial charge in [0.15, 0.2) is 0 Å². The van der Waals surface area contributed by atoms with Crippen molar-refractivity contribution in [2.45, 2.75) is 56.7 Å². The number of rotatable bonds is 5. The first-order chi connectivity index (χ1) is 12.1. The third-order valence-electron chi connectivity index (χ3n) is 5.71. The maximum atomic E-state index is 12.8. The predicted molar refractivity (Wildman–Crippen MR) is 97.6 cm³/mol. The molecule has 5 nitrogen and oxygen atoms in total. The van der Waals surface area contributed by atoms with Crippen molar-refractivity contribution in [2.24, 2.45) is 0 Å². The number of aliphatic hydroxyl groups excluding tert-OH is 1. The summed E-state index contributed by atoms with van der Waals surface area (Å²) in [5.41, 5.74) is 1.10. The first-order valence-corrected chi connectivity index (χ1v) is 9.40. The molecule has 1 heterocycles. The van der Waals surface area contributed by atoms with Crippen LogP contribution in [0.1, 0.15) is 50.1 Å². The Morgan fingerprint density at radius 2 is 2.08 bits per heavy atom. The van der Waals surface area contributed by atoms with Gasteiger partial charge in [0.2, 0.25) is 5.91 Å². The van der Waals surface area contributed by atoms with E-state index in [4.69, 9.17) is 4.74 Å². The molecule has 138 valence electrons. The van der Waals surface area contributed by atoms with Crippen LogP contribution < -0.4 is 4.74 Å². The van der Waals surface area contributed by atoms with Crippen molar-refractivity contribution >= 4 is 5.91 Å². The fraction of sp³-hybridized carbons (Fsp3) is 0.650. The van der Waals surface area contributed by atoms with Gasteiger partial charge in [0.1, 0.15) is 5.75 Å². The predicted octanol–water partition coefficient (Wildman–Crippen LogP) is 2.59. The smallest absolute Gasteiger partial charge is 0.236 e. The highest BCUT2D eigenvalue weighted by atomic mass is 16.5. The second-order valence-electron chi connectivity index (χ2n) is 7.41. The number of likely N-dealkylation sites (N-methyl/N-ethyl adjacent to an activating group) is 1. The summed E-state index contributed by atoms with van der Waals surface area (Å²) in [6, 6.07) is 8.38. The number of hydrogen-bond donors (Lipinski definition) is 1. The maximum Gasteiger partial charge on any atom is 0.236 e. The van der Waals surface area contributed by atoms with Gasteiger partial charge in [-0.05, 0) is 37.0 Å². The number of aliphatic hydroxyl groups is 1. The Morgan fingerprint density at radius 3 is 2.80 bits per heavy atom. The highest BCUT2D eigenvalue weighted by Gasteiger charge is 2.34. The van der Waals surface area contributed by atoms with Crippen molar-refractivity contribution in [2.75, 3.05) is 27.2 Å². The van der Waals surface area contributed by atoms with Gasteiger partial charge in [-0.3, -0.25) is 9.69 Å². The lowest BCUT2D eigenvalue weighted by Crippen LogP contribution is -2.44. The first kappa shape index (κ1) is 18.2. The number of nitrogens with zero attached hydrogens (tertiary/aromatic N) is 2. The van der Waals surface area contributed by atoms with E-state index in [9.17, 15) is 9.90 Å². The Labute approximate surface area is 150 Å². The summed E-state index contributed by atoms with van der Waals surface area (Å²) in [7, 11) is 3.59. The second kappa shape index (κ2) is 8.19. The normalized spacial score (nSPS) is 25.1. The van der Waals surface area contributed by atoms with Crippen molar-refractivity contribution in [3.8, 4) is 5.75 Å². The maximum absolute atomic E-state index is 12.8. The summed E-state index contributed by atoms with van der Waals surface area (Å²) in [5, 5.41) is 10.2. The average molecular weight is 346 g/mol. The molecule has 1 saturated carbocycles. The van der Waals surface area contributed by atoms with Crippen molar-refractivity contribution in [3.05, 3.63) is 29.8 Å². The number of β-amino-alcohol motifs (C(OH)–C–C–N with tert-alkyl or cyclic N) is 1. The standard InChI is InChI=1S/C20H30N2O3/c1-21(16-8-4-3-5-9-16)20(24)14-22-13-17(23)12-19(22)15-7-6-10-18(11-15)25-2/h6-7,10-11,16-17,19,23H,3-5,8-9,12-14H2,1-2H3/t17-,19+/m0/s1. The highest BCUT2D eigenvalue weighted by molar-refractivity contribution is 5.78. The van der Waals surface area contributed by atoms with Crippen LogP contribution in [-0.2, 0) is 4.79 Å². The van der Waals surface area contributed by atoms with Gasteiger partial charge in [0.05, 0.1) is 19.8 Å². The topological polar surface area (TPSA) is 53.0 Å². The van der Waals surface area contributed by atoms with Gasteiger partial charge in [0.25, 0.3) is 0 Å². The number of carbonyl (C=O) groups excluding carboxylic acids is 1. The molecule has 0 spiro atoms. The molecule has 1 aromatic carbocycles. The molecule has 1 N–H and O–H groups in total. The van der Waals surface area contributed by atoms with Crippen LogP contribution in [0.3, 0.4) is 0 Å². The zero-order valence-corrected chi connectivity index (χ0v) is 15.4. The molecule has 0 radical (unpaired) electrons. The Hall–Kier alpha value is -1.59. The van der Waals surface area contributed by atoms with Crippen LogP contribution in [0.2, 0.25) is 0 Å². The molecular formula is C20H30N2O3. The summed E-state index contributed by atoms with van der Waals surface area (Å²) in [6.07, 6.45) is 6.23. The molecule has 1 saturated heterocycles. The monoisotopic (exact) mass is 346 g/mol. The van der Waals surface area contributed by atoms with Crippen LogP contribution in [0.25, 0.3) is 0 Å². The third kappa shape index (κ3) is 4.33. The Bertz CT molecular complexity index is 586. The molecule has 5 heteroatoms. The number of methoxy groups -OCH3 is 1. The van der Waals surface area contributed by atoms with Crippen LogP contribution >= 0.6 is 0 Å². The van der Waals surface area contributed by atoms with Gasteiger partial charge in [-0.1, -0.05) is 31.4 Å². The van der Waals surface area contributed by atoms with Crippen LogP contribution in [0.5, 0.6) is 5.75 Å². The quantitative estimate of drug-likeness (QED) is 0.890. The van der Waals surface area contributed by atoms with E-state index >= 15 is 0 Å². The van der Waals surface area contributed by atoms with Crippen molar-refractivity contribution in [1.29, 1.82) is 0 Å². The molecule has 1 amide bonds. The Morgan fingerprint density at radius 1 is 1.32 bits per heavy atom. The summed E-state index contributed by atoms with van der Waals surface area (Å²) < 4.78 is 5.32. The lowest BCUT2D eigenvalue weighted by atomic mass is 9.94. The molecule has 1 aliphatic heterocycles. The summed E-state index contributed by atoms with van der Waals surface area (Å²) >= 11 is 0. The number of benzene rings is 1. The lowest BCUT2D eigenvalue weighted by Gasteiger charge is -2.33. The minimum absolute atomic E-state index is 0.0637. The van der Waals surface area contributed by atoms with Gasteiger partial charge in [-0.15, -0.1) is 0 Å². The first-order valence-electron chi connectivity index (χ1n) is 9.40.